The van der Waals surface area contributed by atoms with Crippen molar-refractivity contribution in [2.45, 2.75) is 25.8 Å². The normalized spacial score (nSPS) is 30.4. The van der Waals surface area contributed by atoms with Gasteiger partial charge < -0.3 is 14.4 Å². The van der Waals surface area contributed by atoms with Crippen molar-refractivity contribution >= 4 is 0 Å². The number of rotatable bonds is 7. The summed E-state index contributed by atoms with van der Waals surface area (Å²) in [7, 11) is 4.00. The van der Waals surface area contributed by atoms with E-state index in [4.69, 9.17) is 9.47 Å². The molecule has 3 aliphatic rings. The van der Waals surface area contributed by atoms with Gasteiger partial charge in [-0.2, -0.15) is 0 Å². The third-order valence-corrected chi connectivity index (χ3v) is 6.38. The van der Waals surface area contributed by atoms with E-state index in [9.17, 15) is 0 Å². The van der Waals surface area contributed by atoms with Crippen LogP contribution < -0.4 is 4.74 Å². The van der Waals surface area contributed by atoms with Crippen molar-refractivity contribution in [2.24, 2.45) is 17.3 Å². The second-order valence-electron chi connectivity index (χ2n) is 8.55. The van der Waals surface area contributed by atoms with Crippen molar-refractivity contribution in [3.8, 4) is 5.75 Å². The molecule has 4 nitrogen and oxygen atoms in total. The lowest BCUT2D eigenvalue weighted by atomic mass is 9.77. The predicted molar refractivity (Wildman–Crippen MR) is 99.9 cm³/mol. The molecule has 0 N–H and O–H groups in total. The van der Waals surface area contributed by atoms with E-state index in [0.29, 0.717) is 11.3 Å². The van der Waals surface area contributed by atoms with Gasteiger partial charge in [-0.25, -0.2) is 0 Å². The Balaban J connectivity index is 1.34. The molecule has 3 fully saturated rings. The van der Waals surface area contributed by atoms with Crippen LogP contribution in [0.2, 0.25) is 0 Å². The Hall–Kier alpha value is -1.10. The number of methoxy groups -OCH3 is 1. The van der Waals surface area contributed by atoms with Gasteiger partial charge in [0, 0.05) is 44.1 Å². The lowest BCUT2D eigenvalue weighted by Crippen LogP contribution is -2.36. The van der Waals surface area contributed by atoms with Gasteiger partial charge in [0.05, 0.1) is 13.7 Å². The first kappa shape index (κ1) is 17.3. The highest BCUT2D eigenvalue weighted by Gasteiger charge is 2.49. The fourth-order valence-electron chi connectivity index (χ4n) is 4.76. The fourth-order valence-corrected chi connectivity index (χ4v) is 4.76. The number of benzene rings is 1. The van der Waals surface area contributed by atoms with Crippen LogP contribution in [-0.4, -0.2) is 63.4 Å². The largest absolute Gasteiger partial charge is 0.497 e. The number of hydrogen-bond acceptors (Lipinski definition) is 4. The summed E-state index contributed by atoms with van der Waals surface area (Å²) in [6.07, 6.45) is 4.07. The SMILES string of the molecule is COc1ccc(CN2CC[C@]3(CN(C)C[C@H]3COCC3CC3)C2)cc1. The van der Waals surface area contributed by atoms with Crippen LogP contribution in [0.25, 0.3) is 0 Å². The number of ether oxygens (including phenoxy) is 2. The molecule has 1 aliphatic carbocycles. The van der Waals surface area contributed by atoms with Gasteiger partial charge in [-0.3, -0.25) is 4.90 Å². The Morgan fingerprint density at radius 2 is 1.92 bits per heavy atom. The van der Waals surface area contributed by atoms with Crippen LogP contribution >= 0.6 is 0 Å². The summed E-state index contributed by atoms with van der Waals surface area (Å²) in [6, 6.07) is 8.53. The molecule has 0 amide bonds. The summed E-state index contributed by atoms with van der Waals surface area (Å²) in [4.78, 5) is 5.15. The van der Waals surface area contributed by atoms with Crippen molar-refractivity contribution < 1.29 is 9.47 Å². The Labute approximate surface area is 152 Å². The molecule has 2 aliphatic heterocycles. The summed E-state index contributed by atoms with van der Waals surface area (Å²) >= 11 is 0. The molecule has 4 heteroatoms. The molecule has 2 atom stereocenters. The van der Waals surface area contributed by atoms with E-state index in [-0.39, 0.29) is 0 Å². The van der Waals surface area contributed by atoms with Crippen LogP contribution in [0.4, 0.5) is 0 Å². The highest BCUT2D eigenvalue weighted by atomic mass is 16.5. The molecule has 1 spiro atoms. The quantitative estimate of drug-likeness (QED) is 0.759. The molecule has 0 bridgehead atoms. The topological polar surface area (TPSA) is 24.9 Å². The molecule has 2 heterocycles. The molecular formula is C21H32N2O2. The fraction of sp³-hybridized carbons (Fsp3) is 0.714. The number of nitrogens with zero attached hydrogens (tertiary/aromatic N) is 2. The molecule has 25 heavy (non-hydrogen) atoms. The Morgan fingerprint density at radius 3 is 2.64 bits per heavy atom. The molecule has 0 radical (unpaired) electrons. The zero-order valence-electron chi connectivity index (χ0n) is 15.7. The van der Waals surface area contributed by atoms with E-state index in [0.717, 1.165) is 31.4 Å². The highest BCUT2D eigenvalue weighted by Crippen LogP contribution is 2.44. The van der Waals surface area contributed by atoms with Crippen LogP contribution in [0.15, 0.2) is 24.3 Å². The molecule has 1 aromatic rings. The summed E-state index contributed by atoms with van der Waals surface area (Å²) < 4.78 is 11.4. The Kier molecular flexibility index (Phi) is 5.03. The van der Waals surface area contributed by atoms with Gasteiger partial charge in [0.2, 0.25) is 0 Å². The van der Waals surface area contributed by atoms with Crippen molar-refractivity contribution in [1.29, 1.82) is 0 Å². The number of hydrogen-bond donors (Lipinski definition) is 0. The second-order valence-corrected chi connectivity index (χ2v) is 8.55. The zero-order chi connectivity index (χ0) is 17.3. The second kappa shape index (κ2) is 7.26. The standard InChI is InChI=1S/C21H32N2O2/c1-22-12-19(14-25-13-18-3-4-18)21(15-22)9-10-23(16-21)11-17-5-7-20(24-2)8-6-17/h5-8,18-19H,3-4,9-16H2,1-2H3/t19-,21-/m0/s1. The third kappa shape index (κ3) is 4.02. The van der Waals surface area contributed by atoms with E-state index in [1.54, 1.807) is 7.11 Å². The predicted octanol–water partition coefficient (Wildman–Crippen LogP) is 2.88. The van der Waals surface area contributed by atoms with E-state index in [1.807, 2.05) is 0 Å². The maximum Gasteiger partial charge on any atom is 0.118 e. The minimum absolute atomic E-state index is 0.435. The van der Waals surface area contributed by atoms with E-state index in [2.05, 4.69) is 41.1 Å². The average Bonchev–Trinajstić information content (AvgIpc) is 3.27. The smallest absolute Gasteiger partial charge is 0.118 e. The van der Waals surface area contributed by atoms with E-state index >= 15 is 0 Å². The Bertz CT molecular complexity index is 572. The van der Waals surface area contributed by atoms with Gasteiger partial charge in [0.25, 0.3) is 0 Å². The monoisotopic (exact) mass is 344 g/mol. The first-order valence-corrected chi connectivity index (χ1v) is 9.78. The zero-order valence-corrected chi connectivity index (χ0v) is 15.7. The molecule has 2 saturated heterocycles. The molecular weight excluding hydrogens is 312 g/mol. The highest BCUT2D eigenvalue weighted by molar-refractivity contribution is 5.27. The summed E-state index contributed by atoms with van der Waals surface area (Å²) in [5.74, 6) is 2.49. The van der Waals surface area contributed by atoms with E-state index in [1.165, 1.54) is 51.0 Å². The molecule has 0 aromatic heterocycles. The maximum absolute atomic E-state index is 6.10. The lowest BCUT2D eigenvalue weighted by molar-refractivity contribution is 0.0556. The lowest BCUT2D eigenvalue weighted by Gasteiger charge is -2.30. The molecule has 1 saturated carbocycles. The third-order valence-electron chi connectivity index (χ3n) is 6.38. The summed E-state index contributed by atoms with van der Waals surface area (Å²) in [5, 5.41) is 0. The van der Waals surface area contributed by atoms with Crippen molar-refractivity contribution in [2.75, 3.05) is 53.6 Å². The van der Waals surface area contributed by atoms with Gasteiger partial charge in [-0.1, -0.05) is 12.1 Å². The minimum atomic E-state index is 0.435. The average molecular weight is 344 g/mol. The molecule has 4 rings (SSSR count). The van der Waals surface area contributed by atoms with Crippen LogP contribution in [0.3, 0.4) is 0 Å². The van der Waals surface area contributed by atoms with Crippen LogP contribution in [0.1, 0.15) is 24.8 Å². The Morgan fingerprint density at radius 1 is 1.12 bits per heavy atom. The van der Waals surface area contributed by atoms with Gasteiger partial charge in [-0.05, 0) is 56.5 Å². The van der Waals surface area contributed by atoms with E-state index < -0.39 is 0 Å². The maximum atomic E-state index is 6.10. The van der Waals surface area contributed by atoms with Gasteiger partial charge in [0.15, 0.2) is 0 Å². The molecule has 0 unspecified atom stereocenters. The molecule has 138 valence electrons. The van der Waals surface area contributed by atoms with Gasteiger partial charge in [-0.15, -0.1) is 0 Å². The van der Waals surface area contributed by atoms with Crippen molar-refractivity contribution in [3.05, 3.63) is 29.8 Å². The van der Waals surface area contributed by atoms with Crippen LogP contribution in [-0.2, 0) is 11.3 Å². The van der Waals surface area contributed by atoms with Gasteiger partial charge in [0.1, 0.15) is 5.75 Å². The van der Waals surface area contributed by atoms with Crippen LogP contribution in [0, 0.1) is 17.3 Å². The van der Waals surface area contributed by atoms with Crippen molar-refractivity contribution in [3.63, 3.8) is 0 Å². The first-order valence-electron chi connectivity index (χ1n) is 9.78. The summed E-state index contributed by atoms with van der Waals surface area (Å²) in [5.41, 5.74) is 1.82. The minimum Gasteiger partial charge on any atom is -0.497 e. The molecule has 1 aromatic carbocycles. The van der Waals surface area contributed by atoms with Crippen LogP contribution in [0.5, 0.6) is 5.75 Å². The number of likely N-dealkylation sites (tertiary alicyclic amines) is 2. The summed E-state index contributed by atoms with van der Waals surface area (Å²) in [6.45, 7) is 7.83. The first-order chi connectivity index (χ1) is 12.2. The van der Waals surface area contributed by atoms with Gasteiger partial charge >= 0.3 is 0 Å². The van der Waals surface area contributed by atoms with Crippen molar-refractivity contribution in [1.82, 2.24) is 9.80 Å².